The molecule has 5 nitrogen and oxygen atoms in total. The Morgan fingerprint density at radius 1 is 1.26 bits per heavy atom. The van der Waals surface area contributed by atoms with E-state index in [1.807, 2.05) is 18.3 Å². The minimum Gasteiger partial charge on any atom is -0.493 e. The monoisotopic (exact) mass is 313 g/mol. The number of nitrogens with one attached hydrogen (secondary N) is 1. The lowest BCUT2D eigenvalue weighted by Gasteiger charge is -2.39. The molecule has 1 N–H and O–H groups in total. The van der Waals surface area contributed by atoms with Gasteiger partial charge in [0, 0.05) is 43.7 Å². The summed E-state index contributed by atoms with van der Waals surface area (Å²) in [6.07, 6.45) is 4.80. The molecule has 0 amide bonds. The van der Waals surface area contributed by atoms with Crippen molar-refractivity contribution in [3.63, 3.8) is 0 Å². The Hall–Kier alpha value is -2.43. The van der Waals surface area contributed by atoms with Gasteiger partial charge in [-0.05, 0) is 18.1 Å². The fourth-order valence-electron chi connectivity index (χ4n) is 3.05. The van der Waals surface area contributed by atoms with E-state index in [1.54, 1.807) is 20.4 Å². The van der Waals surface area contributed by atoms with Crippen LogP contribution in [0.15, 0.2) is 36.7 Å². The summed E-state index contributed by atoms with van der Waals surface area (Å²) in [6.45, 7) is 3.96. The van der Waals surface area contributed by atoms with E-state index in [0.29, 0.717) is 6.04 Å². The second kappa shape index (κ2) is 6.77. The number of hydrogen-bond donors (Lipinski definition) is 1. The molecule has 0 radical (unpaired) electrons. The molecule has 1 atom stereocenters. The average molecular weight is 313 g/mol. The van der Waals surface area contributed by atoms with Crippen LogP contribution in [-0.4, -0.2) is 31.8 Å². The Morgan fingerprint density at radius 3 is 2.70 bits per heavy atom. The third-order valence-electron chi connectivity index (χ3n) is 4.33. The van der Waals surface area contributed by atoms with E-state index in [1.165, 1.54) is 5.56 Å². The van der Waals surface area contributed by atoms with Crippen molar-refractivity contribution in [2.75, 3.05) is 31.0 Å². The van der Waals surface area contributed by atoms with Crippen LogP contribution in [0.5, 0.6) is 11.5 Å². The molecule has 1 aliphatic heterocycles. The first-order valence-electron chi connectivity index (χ1n) is 7.92. The van der Waals surface area contributed by atoms with Crippen LogP contribution in [-0.2, 0) is 6.54 Å². The molecule has 0 aliphatic carbocycles. The Balaban J connectivity index is 2.00. The van der Waals surface area contributed by atoms with Crippen LogP contribution in [0, 0.1) is 0 Å². The van der Waals surface area contributed by atoms with Crippen molar-refractivity contribution >= 4 is 11.4 Å². The highest BCUT2D eigenvalue weighted by atomic mass is 16.5. The molecule has 1 aliphatic rings. The Morgan fingerprint density at radius 2 is 2.04 bits per heavy atom. The lowest BCUT2D eigenvalue weighted by Crippen LogP contribution is -2.43. The highest BCUT2D eigenvalue weighted by Crippen LogP contribution is 2.41. The molecule has 0 bridgehead atoms. The van der Waals surface area contributed by atoms with Crippen LogP contribution in [0.25, 0.3) is 0 Å². The van der Waals surface area contributed by atoms with Crippen molar-refractivity contribution in [3.05, 3.63) is 42.2 Å². The van der Waals surface area contributed by atoms with Gasteiger partial charge in [0.05, 0.1) is 25.6 Å². The summed E-state index contributed by atoms with van der Waals surface area (Å²) in [4.78, 5) is 6.65. The molecule has 1 aromatic heterocycles. The van der Waals surface area contributed by atoms with Crippen molar-refractivity contribution in [2.45, 2.75) is 25.9 Å². The molecule has 0 saturated heterocycles. The fraction of sp³-hybridized carbons (Fsp3) is 0.389. The maximum atomic E-state index is 5.48. The van der Waals surface area contributed by atoms with Crippen molar-refractivity contribution in [1.82, 2.24) is 4.98 Å². The van der Waals surface area contributed by atoms with E-state index in [2.05, 4.69) is 34.3 Å². The van der Waals surface area contributed by atoms with Crippen LogP contribution in [0.2, 0.25) is 0 Å². The zero-order valence-electron chi connectivity index (χ0n) is 13.9. The number of rotatable bonds is 5. The lowest BCUT2D eigenvalue weighted by atomic mass is 10.0. The minimum absolute atomic E-state index is 0.431. The standard InChI is InChI=1S/C18H23N3O2/c1-4-14-11-20-15-8-17(22-2)18(23-3)9-16(15)21(14)12-13-6-5-7-19-10-13/h5-10,14,20H,4,11-12H2,1-3H3. The van der Waals surface area contributed by atoms with E-state index in [-0.39, 0.29) is 0 Å². The number of anilines is 2. The Kier molecular flexibility index (Phi) is 4.55. The number of aromatic nitrogens is 1. The number of fused-ring (bicyclic) bond motifs is 1. The molecular weight excluding hydrogens is 290 g/mol. The van der Waals surface area contributed by atoms with Gasteiger partial charge in [0.2, 0.25) is 0 Å². The third-order valence-corrected chi connectivity index (χ3v) is 4.33. The molecule has 2 aromatic rings. The molecule has 0 saturated carbocycles. The largest absolute Gasteiger partial charge is 0.493 e. The van der Waals surface area contributed by atoms with Crippen molar-refractivity contribution < 1.29 is 9.47 Å². The summed E-state index contributed by atoms with van der Waals surface area (Å²) < 4.78 is 10.9. The zero-order chi connectivity index (χ0) is 16.2. The Labute approximate surface area is 137 Å². The first-order chi connectivity index (χ1) is 11.3. The molecule has 0 fully saturated rings. The van der Waals surface area contributed by atoms with Crippen LogP contribution < -0.4 is 19.7 Å². The van der Waals surface area contributed by atoms with Gasteiger partial charge in [0.15, 0.2) is 11.5 Å². The lowest BCUT2D eigenvalue weighted by molar-refractivity contribution is 0.355. The molecule has 23 heavy (non-hydrogen) atoms. The van der Waals surface area contributed by atoms with Crippen molar-refractivity contribution in [2.24, 2.45) is 0 Å². The van der Waals surface area contributed by atoms with Crippen LogP contribution in [0.1, 0.15) is 18.9 Å². The van der Waals surface area contributed by atoms with E-state index >= 15 is 0 Å². The molecule has 2 heterocycles. The molecule has 122 valence electrons. The topological polar surface area (TPSA) is 46.6 Å². The fourth-order valence-corrected chi connectivity index (χ4v) is 3.05. The van der Waals surface area contributed by atoms with E-state index < -0.39 is 0 Å². The summed E-state index contributed by atoms with van der Waals surface area (Å²) in [5.74, 6) is 1.50. The SMILES string of the molecule is CCC1CNc2cc(OC)c(OC)cc2N1Cc1cccnc1. The summed E-state index contributed by atoms with van der Waals surface area (Å²) in [7, 11) is 3.33. The number of methoxy groups -OCH3 is 2. The first kappa shape index (κ1) is 15.5. The molecule has 5 heteroatoms. The predicted molar refractivity (Wildman–Crippen MR) is 92.5 cm³/mol. The van der Waals surface area contributed by atoms with Gasteiger partial charge in [-0.3, -0.25) is 4.98 Å². The van der Waals surface area contributed by atoms with Gasteiger partial charge in [-0.15, -0.1) is 0 Å². The van der Waals surface area contributed by atoms with Gasteiger partial charge >= 0.3 is 0 Å². The van der Waals surface area contributed by atoms with Gasteiger partial charge in [0.25, 0.3) is 0 Å². The quantitative estimate of drug-likeness (QED) is 0.917. The van der Waals surface area contributed by atoms with Crippen molar-refractivity contribution in [1.29, 1.82) is 0 Å². The van der Waals surface area contributed by atoms with E-state index in [0.717, 1.165) is 42.4 Å². The van der Waals surface area contributed by atoms with Gasteiger partial charge in [-0.25, -0.2) is 0 Å². The van der Waals surface area contributed by atoms with Gasteiger partial charge in [-0.2, -0.15) is 0 Å². The smallest absolute Gasteiger partial charge is 0.162 e. The molecule has 1 unspecified atom stereocenters. The zero-order valence-corrected chi connectivity index (χ0v) is 13.9. The third kappa shape index (κ3) is 3.04. The highest BCUT2D eigenvalue weighted by Gasteiger charge is 2.27. The van der Waals surface area contributed by atoms with E-state index in [9.17, 15) is 0 Å². The number of nitrogens with zero attached hydrogens (tertiary/aromatic N) is 2. The number of hydrogen-bond acceptors (Lipinski definition) is 5. The molecule has 0 spiro atoms. The van der Waals surface area contributed by atoms with Gasteiger partial charge in [-0.1, -0.05) is 13.0 Å². The van der Waals surface area contributed by atoms with E-state index in [4.69, 9.17) is 9.47 Å². The summed E-state index contributed by atoms with van der Waals surface area (Å²) in [5.41, 5.74) is 3.43. The summed E-state index contributed by atoms with van der Waals surface area (Å²) in [5, 5.41) is 3.51. The number of ether oxygens (including phenoxy) is 2. The maximum Gasteiger partial charge on any atom is 0.162 e. The molecule has 3 rings (SSSR count). The van der Waals surface area contributed by atoms with Crippen LogP contribution in [0.4, 0.5) is 11.4 Å². The van der Waals surface area contributed by atoms with Crippen LogP contribution >= 0.6 is 0 Å². The highest BCUT2D eigenvalue weighted by molar-refractivity contribution is 5.77. The maximum absolute atomic E-state index is 5.48. The molecule has 1 aromatic carbocycles. The summed E-state index contributed by atoms with van der Waals surface area (Å²) >= 11 is 0. The van der Waals surface area contributed by atoms with Crippen molar-refractivity contribution in [3.8, 4) is 11.5 Å². The molecular formula is C18H23N3O2. The van der Waals surface area contributed by atoms with Crippen LogP contribution in [0.3, 0.4) is 0 Å². The Bertz CT molecular complexity index is 661. The number of benzene rings is 1. The number of pyridine rings is 1. The predicted octanol–water partition coefficient (Wildman–Crippen LogP) is 3.31. The van der Waals surface area contributed by atoms with Gasteiger partial charge in [0.1, 0.15) is 0 Å². The second-order valence-electron chi connectivity index (χ2n) is 5.66. The minimum atomic E-state index is 0.431. The van der Waals surface area contributed by atoms with Gasteiger partial charge < -0.3 is 19.7 Å². The average Bonchev–Trinajstić information content (AvgIpc) is 2.61. The summed E-state index contributed by atoms with van der Waals surface area (Å²) in [6, 6.07) is 8.59. The second-order valence-corrected chi connectivity index (χ2v) is 5.66. The first-order valence-corrected chi connectivity index (χ1v) is 7.92. The normalized spacial score (nSPS) is 16.5.